The summed E-state index contributed by atoms with van der Waals surface area (Å²) in [6, 6.07) is 18.6. The van der Waals surface area contributed by atoms with Crippen LogP contribution < -0.4 is 5.56 Å². The number of aromatic hydroxyl groups is 1. The van der Waals surface area contributed by atoms with Gasteiger partial charge in [0.25, 0.3) is 11.5 Å². The van der Waals surface area contributed by atoms with Crippen molar-refractivity contribution >= 4 is 35.2 Å². The zero-order valence-electron chi connectivity index (χ0n) is 28.8. The van der Waals surface area contributed by atoms with E-state index in [-0.39, 0.29) is 36.2 Å². The minimum Gasteiger partial charge on any atom is -0.492 e. The maximum absolute atomic E-state index is 12.8. The second kappa shape index (κ2) is 15.5. The fourth-order valence-electron chi connectivity index (χ4n) is 6.24. The van der Waals surface area contributed by atoms with E-state index in [1.165, 1.54) is 14.7 Å². The maximum Gasteiger partial charge on any atom is 0.428 e. The molecule has 268 valence electrons. The molecule has 2 amide bonds. The van der Waals surface area contributed by atoms with E-state index in [9.17, 15) is 19.5 Å². The van der Waals surface area contributed by atoms with Crippen LogP contribution in [0.3, 0.4) is 0 Å². The van der Waals surface area contributed by atoms with Gasteiger partial charge in [-0.2, -0.15) is 10.2 Å². The van der Waals surface area contributed by atoms with Crippen LogP contribution in [-0.2, 0) is 29.2 Å². The van der Waals surface area contributed by atoms with Crippen molar-refractivity contribution in [3.63, 3.8) is 0 Å². The second-order valence-corrected chi connectivity index (χ2v) is 13.3. The first-order valence-electron chi connectivity index (χ1n) is 17.0. The number of carbonyl (C=O) groups excluding carboxylic acids is 2. The van der Waals surface area contributed by atoms with Gasteiger partial charge in [0, 0.05) is 58.7 Å². The lowest BCUT2D eigenvalue weighted by atomic mass is 10.1. The minimum absolute atomic E-state index is 0.0199. The Bertz CT molecular complexity index is 2080. The third kappa shape index (κ3) is 7.69. The number of rotatable bonds is 6. The number of hydrogen-bond acceptors (Lipinski definition) is 7. The lowest BCUT2D eigenvalue weighted by molar-refractivity contribution is -0.150. The molecule has 0 aliphatic carbocycles. The van der Waals surface area contributed by atoms with E-state index in [2.05, 4.69) is 10.2 Å². The Morgan fingerprint density at radius 3 is 1.88 bits per heavy atom. The molecule has 1 saturated heterocycles. The van der Waals surface area contributed by atoms with Crippen LogP contribution in [0.4, 0.5) is 4.79 Å². The predicted octanol–water partition coefficient (Wildman–Crippen LogP) is 6.47. The van der Waals surface area contributed by atoms with Crippen LogP contribution in [0.25, 0.3) is 28.2 Å². The van der Waals surface area contributed by atoms with Crippen molar-refractivity contribution in [1.29, 1.82) is 0 Å². The SMILES string of the molecule is CCOC(=O)N1CCCCN1C(=O)Cn1nc(-c2ccc(Cl)cc2)cc1C.Cc1cc(-c2ccc(Cl)cc2)nn1-c1c(O)n2n(c1=O)CCCC2. The largest absolute Gasteiger partial charge is 0.492 e. The molecule has 0 bridgehead atoms. The summed E-state index contributed by atoms with van der Waals surface area (Å²) in [6.45, 7) is 8.11. The third-order valence-electron chi connectivity index (χ3n) is 8.87. The molecule has 7 rings (SSSR count). The molecule has 2 aliphatic rings. The normalized spacial score (nSPS) is 14.1. The van der Waals surface area contributed by atoms with Crippen molar-refractivity contribution in [1.82, 2.24) is 38.9 Å². The first-order chi connectivity index (χ1) is 24.5. The van der Waals surface area contributed by atoms with Crippen LogP contribution in [-0.4, -0.2) is 75.7 Å². The Labute approximate surface area is 305 Å². The number of aryl methyl sites for hydroxylation is 2. The van der Waals surface area contributed by atoms with Gasteiger partial charge in [-0.3, -0.25) is 14.3 Å². The van der Waals surface area contributed by atoms with Gasteiger partial charge in [0.1, 0.15) is 6.54 Å². The van der Waals surface area contributed by atoms with Gasteiger partial charge in [0.15, 0.2) is 5.69 Å². The number of nitrogens with zero attached hydrogens (tertiary/aromatic N) is 8. The number of carbonyl (C=O) groups is 2. The van der Waals surface area contributed by atoms with Crippen LogP contribution in [0.15, 0.2) is 65.5 Å². The van der Waals surface area contributed by atoms with Crippen LogP contribution in [0.5, 0.6) is 5.88 Å². The standard InChI is InChI=1S/C19H23ClN4O3.C17H17ClN4O2/c1-3-27-19(26)24-11-5-4-10-23(24)18(25)13-22-14(2)12-17(21-22)15-6-8-16(20)9-7-15;1-11-10-14(12-4-6-13(18)7-5-12)19-22(11)15-16(23)20-8-2-3-9-21(20)17(15)24/h6-9,12H,3-5,10-11,13H2,1-2H3;4-7,10,23H,2-3,8-9H2,1H3. The maximum atomic E-state index is 12.8. The number of ether oxygens (including phenoxy) is 1. The first-order valence-corrected chi connectivity index (χ1v) is 17.7. The molecule has 0 unspecified atom stereocenters. The molecule has 2 aliphatic heterocycles. The van der Waals surface area contributed by atoms with Gasteiger partial charge >= 0.3 is 6.09 Å². The molecule has 2 aromatic carbocycles. The molecule has 5 heterocycles. The van der Waals surface area contributed by atoms with E-state index in [1.807, 2.05) is 50.2 Å². The Morgan fingerprint density at radius 2 is 1.29 bits per heavy atom. The van der Waals surface area contributed by atoms with Crippen molar-refractivity contribution in [2.24, 2.45) is 0 Å². The molecule has 0 radical (unpaired) electrons. The summed E-state index contributed by atoms with van der Waals surface area (Å²) in [5.74, 6) is -0.204. The molecule has 1 N–H and O–H groups in total. The molecule has 1 fully saturated rings. The van der Waals surface area contributed by atoms with E-state index in [0.717, 1.165) is 59.6 Å². The quantitative estimate of drug-likeness (QED) is 0.211. The van der Waals surface area contributed by atoms with Crippen molar-refractivity contribution in [3.8, 4) is 34.1 Å². The van der Waals surface area contributed by atoms with Crippen molar-refractivity contribution in [2.45, 2.75) is 66.1 Å². The number of hydrogen-bond donors (Lipinski definition) is 1. The zero-order chi connectivity index (χ0) is 36.2. The molecule has 0 saturated carbocycles. The van der Waals surface area contributed by atoms with Gasteiger partial charge in [-0.25, -0.2) is 28.9 Å². The van der Waals surface area contributed by atoms with Crippen molar-refractivity contribution in [3.05, 3.63) is 92.5 Å². The van der Waals surface area contributed by atoms with E-state index < -0.39 is 6.09 Å². The number of aromatic nitrogens is 6. The van der Waals surface area contributed by atoms with Crippen molar-refractivity contribution < 1.29 is 19.4 Å². The Morgan fingerprint density at radius 1 is 0.765 bits per heavy atom. The molecule has 3 aromatic heterocycles. The molecular weight excluding hydrogens is 695 g/mol. The number of fused-ring (bicyclic) bond motifs is 1. The molecule has 13 nitrogen and oxygen atoms in total. The molecule has 15 heteroatoms. The van der Waals surface area contributed by atoms with Crippen LogP contribution in [0, 0.1) is 13.8 Å². The van der Waals surface area contributed by atoms with Gasteiger partial charge in [0.05, 0.1) is 18.0 Å². The summed E-state index contributed by atoms with van der Waals surface area (Å²) in [7, 11) is 0. The zero-order valence-corrected chi connectivity index (χ0v) is 30.3. The van der Waals surface area contributed by atoms with Crippen molar-refractivity contribution in [2.75, 3.05) is 19.7 Å². The Kier molecular flexibility index (Phi) is 10.9. The molecule has 5 aromatic rings. The first kappa shape index (κ1) is 35.8. The Hall–Kier alpha value is -5.01. The average Bonchev–Trinajstić information content (AvgIpc) is 3.77. The molecule has 0 atom stereocenters. The molecular formula is C36H40Cl2N8O5. The minimum atomic E-state index is -0.482. The lowest BCUT2D eigenvalue weighted by Crippen LogP contribution is -2.54. The molecule has 0 spiro atoms. The highest BCUT2D eigenvalue weighted by molar-refractivity contribution is 6.30. The summed E-state index contributed by atoms with van der Waals surface area (Å²) in [4.78, 5) is 37.6. The van der Waals surface area contributed by atoms with E-state index in [0.29, 0.717) is 36.2 Å². The van der Waals surface area contributed by atoms with Gasteiger partial charge in [-0.1, -0.05) is 47.5 Å². The van der Waals surface area contributed by atoms with Gasteiger partial charge in [0.2, 0.25) is 5.88 Å². The van der Waals surface area contributed by atoms with Gasteiger partial charge in [-0.05, 0) is 82.9 Å². The predicted molar refractivity (Wildman–Crippen MR) is 194 cm³/mol. The molecule has 51 heavy (non-hydrogen) atoms. The van der Waals surface area contributed by atoms with E-state index >= 15 is 0 Å². The van der Waals surface area contributed by atoms with Crippen LogP contribution in [0.2, 0.25) is 10.0 Å². The number of benzene rings is 2. The fourth-order valence-corrected chi connectivity index (χ4v) is 6.49. The Balaban J connectivity index is 0.000000177. The smallest absolute Gasteiger partial charge is 0.428 e. The number of amides is 2. The number of halogens is 2. The summed E-state index contributed by atoms with van der Waals surface area (Å²) < 4.78 is 11.5. The fraction of sp³-hybridized carbons (Fsp3) is 0.361. The topological polar surface area (TPSA) is 133 Å². The van der Waals surface area contributed by atoms with Gasteiger partial charge < -0.3 is 9.84 Å². The summed E-state index contributed by atoms with van der Waals surface area (Å²) in [6.07, 6.45) is 3.12. The highest BCUT2D eigenvalue weighted by Gasteiger charge is 2.30. The van der Waals surface area contributed by atoms with Crippen LogP contribution in [0.1, 0.15) is 44.0 Å². The van der Waals surface area contributed by atoms with E-state index in [1.54, 1.807) is 45.2 Å². The number of hydrazine groups is 1. The van der Waals surface area contributed by atoms with E-state index in [4.69, 9.17) is 27.9 Å². The third-order valence-corrected chi connectivity index (χ3v) is 9.37. The highest BCUT2D eigenvalue weighted by Crippen LogP contribution is 2.27. The van der Waals surface area contributed by atoms with Gasteiger partial charge in [-0.15, -0.1) is 0 Å². The summed E-state index contributed by atoms with van der Waals surface area (Å²) in [5.41, 5.74) is 5.01. The lowest BCUT2D eigenvalue weighted by Gasteiger charge is -2.37. The summed E-state index contributed by atoms with van der Waals surface area (Å²) in [5, 5.41) is 23.8. The second-order valence-electron chi connectivity index (χ2n) is 12.4. The van der Waals surface area contributed by atoms with Crippen LogP contribution >= 0.6 is 23.2 Å². The highest BCUT2D eigenvalue weighted by atomic mass is 35.5. The average molecular weight is 736 g/mol. The summed E-state index contributed by atoms with van der Waals surface area (Å²) >= 11 is 11.9. The monoisotopic (exact) mass is 734 g/mol.